The van der Waals surface area contributed by atoms with Gasteiger partial charge < -0.3 is 0 Å². The standard InChI is InChI=1S/C13H21Cl/c1-3-5-7-8-10-12-13(14)11-9-6-4-2/h12H,3-7,9,11H2,1-2H3. The molecule has 0 aliphatic heterocycles. The summed E-state index contributed by atoms with van der Waals surface area (Å²) in [5, 5.41) is 0.905. The number of rotatable bonds is 6. The monoisotopic (exact) mass is 212 g/mol. The number of allylic oxidation sites excluding steroid dienone is 2. The zero-order valence-electron chi connectivity index (χ0n) is 9.41. The normalized spacial score (nSPS) is 10.9. The SMILES string of the molecule is CCCCC#CC=C(Cl)CCCCC. The molecule has 0 heterocycles. The van der Waals surface area contributed by atoms with Crippen LogP contribution in [0.3, 0.4) is 0 Å². The van der Waals surface area contributed by atoms with Crippen molar-refractivity contribution < 1.29 is 0 Å². The first-order chi connectivity index (χ1) is 6.81. The Morgan fingerprint density at radius 2 is 1.86 bits per heavy atom. The lowest BCUT2D eigenvalue weighted by Gasteiger charge is -1.94. The van der Waals surface area contributed by atoms with Crippen molar-refractivity contribution in [1.29, 1.82) is 0 Å². The molecular weight excluding hydrogens is 192 g/mol. The predicted molar refractivity (Wildman–Crippen MR) is 65.4 cm³/mol. The van der Waals surface area contributed by atoms with E-state index in [1.54, 1.807) is 0 Å². The largest absolute Gasteiger partial charge is 0.0985 e. The highest BCUT2D eigenvalue weighted by atomic mass is 35.5. The zero-order valence-corrected chi connectivity index (χ0v) is 10.2. The first kappa shape index (κ1) is 13.6. The molecule has 0 rings (SSSR count). The lowest BCUT2D eigenvalue weighted by molar-refractivity contribution is 0.725. The molecule has 0 saturated carbocycles. The summed E-state index contributed by atoms with van der Waals surface area (Å²) < 4.78 is 0. The maximum absolute atomic E-state index is 5.99. The highest BCUT2D eigenvalue weighted by molar-refractivity contribution is 6.29. The highest BCUT2D eigenvalue weighted by Gasteiger charge is 1.90. The summed E-state index contributed by atoms with van der Waals surface area (Å²) >= 11 is 5.99. The summed E-state index contributed by atoms with van der Waals surface area (Å²) in [4.78, 5) is 0. The van der Waals surface area contributed by atoms with Gasteiger partial charge >= 0.3 is 0 Å². The van der Waals surface area contributed by atoms with Gasteiger partial charge in [0.25, 0.3) is 0 Å². The van der Waals surface area contributed by atoms with E-state index in [4.69, 9.17) is 11.6 Å². The van der Waals surface area contributed by atoms with E-state index >= 15 is 0 Å². The molecule has 0 saturated heterocycles. The summed E-state index contributed by atoms with van der Waals surface area (Å²) in [7, 11) is 0. The maximum atomic E-state index is 5.99. The van der Waals surface area contributed by atoms with E-state index < -0.39 is 0 Å². The van der Waals surface area contributed by atoms with Gasteiger partial charge in [0.2, 0.25) is 0 Å². The molecule has 0 amide bonds. The zero-order chi connectivity index (χ0) is 10.6. The number of hydrogen-bond acceptors (Lipinski definition) is 0. The molecule has 0 aliphatic rings. The summed E-state index contributed by atoms with van der Waals surface area (Å²) in [5.74, 6) is 6.10. The topological polar surface area (TPSA) is 0 Å². The van der Waals surface area contributed by atoms with Crippen molar-refractivity contribution in [1.82, 2.24) is 0 Å². The number of halogens is 1. The van der Waals surface area contributed by atoms with Crippen LogP contribution in [0.15, 0.2) is 11.1 Å². The molecule has 0 bridgehead atoms. The smallest absolute Gasteiger partial charge is 0.0264 e. The van der Waals surface area contributed by atoms with Gasteiger partial charge in [-0.25, -0.2) is 0 Å². The molecule has 0 aromatic carbocycles. The predicted octanol–water partition coefficient (Wildman–Crippen LogP) is 4.88. The third kappa shape index (κ3) is 9.68. The summed E-state index contributed by atoms with van der Waals surface area (Å²) in [6, 6.07) is 0. The van der Waals surface area contributed by atoms with Crippen LogP contribution in [0, 0.1) is 11.8 Å². The lowest BCUT2D eigenvalue weighted by Crippen LogP contribution is -1.75. The van der Waals surface area contributed by atoms with E-state index in [0.717, 1.165) is 17.9 Å². The summed E-state index contributed by atoms with van der Waals surface area (Å²) in [6.45, 7) is 4.37. The van der Waals surface area contributed by atoms with Crippen molar-refractivity contribution in [3.05, 3.63) is 11.1 Å². The fourth-order valence-corrected chi connectivity index (χ4v) is 1.27. The number of unbranched alkanes of at least 4 members (excludes halogenated alkanes) is 4. The molecule has 0 fully saturated rings. The molecule has 14 heavy (non-hydrogen) atoms. The van der Waals surface area contributed by atoms with Crippen LogP contribution in [0.2, 0.25) is 0 Å². The molecule has 80 valence electrons. The molecule has 0 nitrogen and oxygen atoms in total. The second-order valence-corrected chi connectivity index (χ2v) is 3.96. The van der Waals surface area contributed by atoms with Crippen molar-refractivity contribution >= 4 is 11.6 Å². The molecule has 0 aromatic rings. The Morgan fingerprint density at radius 1 is 1.14 bits per heavy atom. The molecule has 1 heteroatoms. The van der Waals surface area contributed by atoms with Crippen LogP contribution in [-0.2, 0) is 0 Å². The van der Waals surface area contributed by atoms with Crippen LogP contribution in [0.25, 0.3) is 0 Å². The Bertz CT molecular complexity index is 205. The van der Waals surface area contributed by atoms with Gasteiger partial charge in [0, 0.05) is 17.5 Å². The van der Waals surface area contributed by atoms with Crippen LogP contribution >= 0.6 is 11.6 Å². The van der Waals surface area contributed by atoms with Crippen LogP contribution < -0.4 is 0 Å². The van der Waals surface area contributed by atoms with E-state index in [9.17, 15) is 0 Å². The van der Waals surface area contributed by atoms with Gasteiger partial charge in [0.15, 0.2) is 0 Å². The maximum Gasteiger partial charge on any atom is 0.0264 e. The van der Waals surface area contributed by atoms with Crippen molar-refractivity contribution in [2.45, 2.75) is 58.8 Å². The summed E-state index contributed by atoms with van der Waals surface area (Å²) in [5.41, 5.74) is 0. The first-order valence-corrected chi connectivity index (χ1v) is 6.02. The van der Waals surface area contributed by atoms with Crippen molar-refractivity contribution in [2.75, 3.05) is 0 Å². The van der Waals surface area contributed by atoms with Crippen molar-refractivity contribution in [3.8, 4) is 11.8 Å². The summed E-state index contributed by atoms with van der Waals surface area (Å²) in [6.07, 6.45) is 9.91. The third-order valence-corrected chi connectivity index (χ3v) is 2.30. The minimum atomic E-state index is 0.905. The van der Waals surface area contributed by atoms with Crippen molar-refractivity contribution in [2.24, 2.45) is 0 Å². The van der Waals surface area contributed by atoms with E-state index in [1.165, 1.54) is 32.1 Å². The molecule has 0 spiro atoms. The van der Waals surface area contributed by atoms with Crippen molar-refractivity contribution in [3.63, 3.8) is 0 Å². The fourth-order valence-electron chi connectivity index (χ4n) is 1.08. The second kappa shape index (κ2) is 10.7. The quantitative estimate of drug-likeness (QED) is 0.435. The van der Waals surface area contributed by atoms with E-state index in [-0.39, 0.29) is 0 Å². The fraction of sp³-hybridized carbons (Fsp3) is 0.692. The molecular formula is C13H21Cl. The van der Waals surface area contributed by atoms with Crippen LogP contribution in [-0.4, -0.2) is 0 Å². The van der Waals surface area contributed by atoms with Gasteiger partial charge in [-0.2, -0.15) is 0 Å². The molecule has 0 aromatic heterocycles. The average Bonchev–Trinajstić information content (AvgIpc) is 2.18. The molecule has 0 unspecified atom stereocenters. The average molecular weight is 213 g/mol. The first-order valence-electron chi connectivity index (χ1n) is 5.64. The Hall–Kier alpha value is -0.410. The van der Waals surface area contributed by atoms with Gasteiger partial charge in [0.1, 0.15) is 0 Å². The van der Waals surface area contributed by atoms with Crippen LogP contribution in [0.5, 0.6) is 0 Å². The Balaban J connectivity index is 3.57. The number of hydrogen-bond donors (Lipinski definition) is 0. The van der Waals surface area contributed by atoms with Gasteiger partial charge in [-0.1, -0.05) is 56.6 Å². The van der Waals surface area contributed by atoms with Crippen LogP contribution in [0.4, 0.5) is 0 Å². The third-order valence-electron chi connectivity index (χ3n) is 2.01. The Kier molecular flexibility index (Phi) is 10.4. The van der Waals surface area contributed by atoms with E-state index in [1.807, 2.05) is 6.08 Å². The second-order valence-electron chi connectivity index (χ2n) is 3.47. The van der Waals surface area contributed by atoms with Gasteiger partial charge in [-0.3, -0.25) is 0 Å². The minimum absolute atomic E-state index is 0.905. The van der Waals surface area contributed by atoms with Crippen LogP contribution in [0.1, 0.15) is 58.8 Å². The van der Waals surface area contributed by atoms with E-state index in [0.29, 0.717) is 0 Å². The van der Waals surface area contributed by atoms with Gasteiger partial charge in [-0.15, -0.1) is 0 Å². The minimum Gasteiger partial charge on any atom is -0.0985 e. The Morgan fingerprint density at radius 3 is 2.50 bits per heavy atom. The molecule has 0 atom stereocenters. The molecule has 0 radical (unpaired) electrons. The Labute approximate surface area is 93.7 Å². The molecule has 0 aliphatic carbocycles. The van der Waals surface area contributed by atoms with Gasteiger partial charge in [-0.05, 0) is 19.3 Å². The molecule has 0 N–H and O–H groups in total. The van der Waals surface area contributed by atoms with Gasteiger partial charge in [0.05, 0.1) is 0 Å². The highest BCUT2D eigenvalue weighted by Crippen LogP contribution is 2.11. The lowest BCUT2D eigenvalue weighted by atomic mass is 10.2. The van der Waals surface area contributed by atoms with E-state index in [2.05, 4.69) is 25.7 Å².